The number of phenols is 1. The smallest absolute Gasteiger partial charge is 0.212 e. The number of aromatic hydroxyl groups is 1. The standard InChI is InChI=1S/C50H96N2O3/c1-5-9-13-17-21-25-29-33-41-51(42-34-30-26-22-18-14-10-6-2)45-46-54-50(55-49-39-37-48(53)38-40-49)47-52(43-35-31-27-23-19-15-11-7-3)44-36-32-28-24-20-16-12-8-4/h37-40,50,53H,5-36,41-47H2,1-4H3. The Labute approximate surface area is 344 Å². The van der Waals surface area contributed by atoms with E-state index in [4.69, 9.17) is 9.47 Å². The normalized spacial score (nSPS) is 12.3. The third-order valence-electron chi connectivity index (χ3n) is 11.5. The van der Waals surface area contributed by atoms with E-state index in [1.807, 2.05) is 12.1 Å². The van der Waals surface area contributed by atoms with Crippen LogP contribution in [0.2, 0.25) is 0 Å². The van der Waals surface area contributed by atoms with E-state index in [0.717, 1.165) is 31.9 Å². The molecule has 1 unspecified atom stereocenters. The van der Waals surface area contributed by atoms with Crippen molar-refractivity contribution < 1.29 is 14.6 Å². The number of phenolic OH excluding ortho intramolecular Hbond substituents is 1. The first kappa shape index (κ1) is 51.7. The van der Waals surface area contributed by atoms with Gasteiger partial charge in [0.1, 0.15) is 11.5 Å². The fourth-order valence-corrected chi connectivity index (χ4v) is 7.83. The van der Waals surface area contributed by atoms with E-state index in [0.29, 0.717) is 6.61 Å². The van der Waals surface area contributed by atoms with Crippen molar-refractivity contribution in [3.05, 3.63) is 24.3 Å². The van der Waals surface area contributed by atoms with Gasteiger partial charge in [-0.05, 0) is 76.1 Å². The Morgan fingerprint density at radius 2 is 0.709 bits per heavy atom. The molecule has 0 radical (unpaired) electrons. The van der Waals surface area contributed by atoms with Crippen LogP contribution >= 0.6 is 0 Å². The summed E-state index contributed by atoms with van der Waals surface area (Å²) in [5, 5.41) is 9.95. The Morgan fingerprint density at radius 1 is 0.400 bits per heavy atom. The zero-order valence-corrected chi connectivity index (χ0v) is 37.6. The summed E-state index contributed by atoms with van der Waals surface area (Å²) >= 11 is 0. The Hall–Kier alpha value is -1.30. The number of rotatable bonds is 44. The van der Waals surface area contributed by atoms with E-state index in [1.165, 1.54) is 219 Å². The first-order chi connectivity index (χ1) is 27.1. The second-order valence-electron chi connectivity index (χ2n) is 17.0. The van der Waals surface area contributed by atoms with Crippen molar-refractivity contribution in [1.82, 2.24) is 9.80 Å². The van der Waals surface area contributed by atoms with Gasteiger partial charge in [0.15, 0.2) is 0 Å². The maximum atomic E-state index is 9.95. The average molecular weight is 773 g/mol. The lowest BCUT2D eigenvalue weighted by atomic mass is 10.1. The van der Waals surface area contributed by atoms with Gasteiger partial charge in [0.25, 0.3) is 0 Å². The monoisotopic (exact) mass is 773 g/mol. The molecular weight excluding hydrogens is 677 g/mol. The summed E-state index contributed by atoms with van der Waals surface area (Å²) in [6.45, 7) is 16.3. The van der Waals surface area contributed by atoms with Gasteiger partial charge in [-0.2, -0.15) is 0 Å². The summed E-state index contributed by atoms with van der Waals surface area (Å²) < 4.78 is 13.3. The van der Waals surface area contributed by atoms with Crippen molar-refractivity contribution in [3.63, 3.8) is 0 Å². The molecule has 1 atom stereocenters. The van der Waals surface area contributed by atoms with Gasteiger partial charge in [0.05, 0.1) is 13.2 Å². The topological polar surface area (TPSA) is 45.2 Å². The molecule has 1 N–H and O–H groups in total. The Kier molecular flexibility index (Phi) is 38.4. The van der Waals surface area contributed by atoms with E-state index in [1.54, 1.807) is 12.1 Å². The molecule has 0 aromatic heterocycles. The van der Waals surface area contributed by atoms with Crippen molar-refractivity contribution in [1.29, 1.82) is 0 Å². The van der Waals surface area contributed by atoms with E-state index in [9.17, 15) is 5.11 Å². The molecule has 324 valence electrons. The van der Waals surface area contributed by atoms with Crippen LogP contribution in [0.5, 0.6) is 11.5 Å². The highest BCUT2D eigenvalue weighted by molar-refractivity contribution is 5.30. The van der Waals surface area contributed by atoms with Crippen LogP contribution < -0.4 is 4.74 Å². The highest BCUT2D eigenvalue weighted by atomic mass is 16.7. The van der Waals surface area contributed by atoms with Gasteiger partial charge < -0.3 is 19.5 Å². The minimum Gasteiger partial charge on any atom is -0.508 e. The predicted octanol–water partition coefficient (Wildman–Crippen LogP) is 15.3. The van der Waals surface area contributed by atoms with Crippen LogP contribution in [0.1, 0.15) is 233 Å². The van der Waals surface area contributed by atoms with Crippen LogP contribution in [0.25, 0.3) is 0 Å². The molecule has 0 spiro atoms. The summed E-state index contributed by atoms with van der Waals surface area (Å²) in [4.78, 5) is 5.32. The molecule has 0 aliphatic heterocycles. The molecule has 1 aromatic carbocycles. The van der Waals surface area contributed by atoms with Crippen LogP contribution in [0.4, 0.5) is 0 Å². The SMILES string of the molecule is CCCCCCCCCCN(CCCCCCCCCC)CCOC(CN(CCCCCCCCCC)CCCCCCCCCC)Oc1ccc(O)cc1. The van der Waals surface area contributed by atoms with Gasteiger partial charge in [0.2, 0.25) is 6.29 Å². The third-order valence-corrected chi connectivity index (χ3v) is 11.5. The predicted molar refractivity (Wildman–Crippen MR) is 242 cm³/mol. The van der Waals surface area contributed by atoms with Crippen molar-refractivity contribution >= 4 is 0 Å². The van der Waals surface area contributed by atoms with E-state index in [-0.39, 0.29) is 12.0 Å². The number of benzene rings is 1. The second kappa shape index (κ2) is 40.9. The van der Waals surface area contributed by atoms with Crippen LogP contribution in [0, 0.1) is 0 Å². The van der Waals surface area contributed by atoms with Crippen LogP contribution in [0.3, 0.4) is 0 Å². The molecule has 0 aliphatic carbocycles. The first-order valence-corrected chi connectivity index (χ1v) is 24.6. The molecule has 5 heteroatoms. The zero-order chi connectivity index (χ0) is 39.7. The lowest BCUT2D eigenvalue weighted by Crippen LogP contribution is -2.40. The summed E-state index contributed by atoms with van der Waals surface area (Å²) in [6.07, 6.45) is 43.1. The van der Waals surface area contributed by atoms with Crippen LogP contribution in [-0.2, 0) is 4.74 Å². The van der Waals surface area contributed by atoms with Gasteiger partial charge in [-0.1, -0.05) is 207 Å². The largest absolute Gasteiger partial charge is 0.508 e. The van der Waals surface area contributed by atoms with Crippen molar-refractivity contribution in [2.24, 2.45) is 0 Å². The molecule has 0 fully saturated rings. The van der Waals surface area contributed by atoms with Gasteiger partial charge >= 0.3 is 0 Å². The quantitative estimate of drug-likeness (QED) is 0.0529. The van der Waals surface area contributed by atoms with Gasteiger partial charge in [-0.25, -0.2) is 0 Å². The minimum atomic E-state index is -0.319. The lowest BCUT2D eigenvalue weighted by molar-refractivity contribution is -0.0997. The van der Waals surface area contributed by atoms with E-state index >= 15 is 0 Å². The molecule has 0 bridgehead atoms. The molecule has 55 heavy (non-hydrogen) atoms. The average Bonchev–Trinajstić information content (AvgIpc) is 3.19. The van der Waals surface area contributed by atoms with Crippen molar-refractivity contribution in [3.8, 4) is 11.5 Å². The van der Waals surface area contributed by atoms with Crippen LogP contribution in [-0.4, -0.2) is 67.1 Å². The molecule has 0 heterocycles. The summed E-state index contributed by atoms with van der Waals surface area (Å²) in [5.74, 6) is 1.05. The highest BCUT2D eigenvalue weighted by Gasteiger charge is 2.18. The molecule has 0 saturated heterocycles. The third kappa shape index (κ3) is 34.5. The van der Waals surface area contributed by atoms with Gasteiger partial charge in [0, 0.05) is 6.54 Å². The molecule has 0 aliphatic rings. The Morgan fingerprint density at radius 3 is 1.05 bits per heavy atom. The fourth-order valence-electron chi connectivity index (χ4n) is 7.83. The Bertz CT molecular complexity index is 840. The number of hydrogen-bond acceptors (Lipinski definition) is 5. The first-order valence-electron chi connectivity index (χ1n) is 24.6. The van der Waals surface area contributed by atoms with Crippen molar-refractivity contribution in [2.75, 3.05) is 45.9 Å². The summed E-state index contributed by atoms with van der Waals surface area (Å²) in [7, 11) is 0. The number of unbranched alkanes of at least 4 members (excludes halogenated alkanes) is 28. The number of ether oxygens (including phenoxy) is 2. The maximum absolute atomic E-state index is 9.95. The fraction of sp³-hybridized carbons (Fsp3) is 0.880. The number of nitrogens with zero attached hydrogens (tertiary/aromatic N) is 2. The number of hydrogen-bond donors (Lipinski definition) is 1. The summed E-state index contributed by atoms with van der Waals surface area (Å²) in [6, 6.07) is 7.20. The Balaban J connectivity index is 2.81. The van der Waals surface area contributed by atoms with Crippen LogP contribution in [0.15, 0.2) is 24.3 Å². The van der Waals surface area contributed by atoms with Crippen molar-refractivity contribution in [2.45, 2.75) is 239 Å². The molecule has 0 saturated carbocycles. The molecule has 1 aromatic rings. The molecular formula is C50H96N2O3. The molecule has 0 amide bonds. The maximum Gasteiger partial charge on any atom is 0.212 e. The summed E-state index contributed by atoms with van der Waals surface area (Å²) in [5.41, 5.74) is 0. The molecule has 1 rings (SSSR count). The van der Waals surface area contributed by atoms with Gasteiger partial charge in [-0.3, -0.25) is 4.90 Å². The molecule has 5 nitrogen and oxygen atoms in total. The zero-order valence-electron chi connectivity index (χ0n) is 37.6. The minimum absolute atomic E-state index is 0.272. The van der Waals surface area contributed by atoms with E-state index < -0.39 is 0 Å². The highest BCUT2D eigenvalue weighted by Crippen LogP contribution is 2.19. The second-order valence-corrected chi connectivity index (χ2v) is 17.0. The lowest BCUT2D eigenvalue weighted by Gasteiger charge is -2.29. The van der Waals surface area contributed by atoms with Gasteiger partial charge in [-0.15, -0.1) is 0 Å². The van der Waals surface area contributed by atoms with E-state index in [2.05, 4.69) is 37.5 Å².